The van der Waals surface area contributed by atoms with Gasteiger partial charge in [0.1, 0.15) is 0 Å². The normalized spacial score (nSPS) is 8.40. The summed E-state index contributed by atoms with van der Waals surface area (Å²) < 4.78 is 0. The Bertz CT molecular complexity index is 44.5. The van der Waals surface area contributed by atoms with Gasteiger partial charge in [0.15, 0.2) is 0 Å². The molecule has 0 spiro atoms. The summed E-state index contributed by atoms with van der Waals surface area (Å²) in [7, 11) is 0. The second-order valence-corrected chi connectivity index (χ2v) is 2.21. The smallest absolute Gasteiger partial charge is 1.00 e. The van der Waals surface area contributed by atoms with Gasteiger partial charge in [0, 0.05) is 0 Å². The van der Waals surface area contributed by atoms with E-state index in [-0.39, 0.29) is 40.0 Å². The van der Waals surface area contributed by atoms with Gasteiger partial charge in [-0.1, -0.05) is 27.2 Å². The van der Waals surface area contributed by atoms with E-state index in [1.165, 1.54) is 25.7 Å². The molecule has 0 saturated carbocycles. The molecule has 2 heteroatoms. The first-order chi connectivity index (χ1) is 3.85. The molecule has 0 heterocycles. The van der Waals surface area contributed by atoms with Gasteiger partial charge in [-0.05, 0) is 0 Å². The van der Waals surface area contributed by atoms with Crippen molar-refractivity contribution >= 4 is 23.1 Å². The Hall–Kier alpha value is 1.25. The first-order valence-electron chi connectivity index (χ1n) is 3.68. The summed E-state index contributed by atoms with van der Waals surface area (Å²) in [5, 5.41) is 0. The third-order valence-electron chi connectivity index (χ3n) is 1.60. The molecule has 0 nitrogen and oxygen atoms in total. The largest absolute Gasteiger partial charge is 2.00 e. The van der Waals surface area contributed by atoms with E-state index in [1.54, 1.807) is 5.92 Å². The van der Waals surface area contributed by atoms with E-state index in [4.69, 9.17) is 0 Å². The maximum absolute atomic E-state index is 2.24. The fraction of sp³-hybridized carbons (Fsp3) is 0.875. The molecule has 0 unspecified atom stereocenters. The van der Waals surface area contributed by atoms with Crippen molar-refractivity contribution in [3.63, 3.8) is 0 Å². The average molecular weight is 217 g/mol. The van der Waals surface area contributed by atoms with Crippen LogP contribution in [0.15, 0.2) is 0 Å². The van der Waals surface area contributed by atoms with Crippen LogP contribution in [-0.4, -0.2) is 23.1 Å². The Balaban J connectivity index is -0.000000245. The van der Waals surface area contributed by atoms with Crippen LogP contribution in [0.4, 0.5) is 0 Å². The zero-order chi connectivity index (χ0) is 6.41. The zero-order valence-electron chi connectivity index (χ0n) is 7.41. The summed E-state index contributed by atoms with van der Waals surface area (Å²) in [4.78, 5) is 0. The van der Waals surface area contributed by atoms with Gasteiger partial charge >= 0.3 is 23.1 Å². The number of hydrogen-bond acceptors (Lipinski definition) is 0. The molecule has 0 aliphatic carbocycles. The number of rotatable bonds is 4. The standard InChI is InChI=1S/C8H17.BrH.Mg/c1-4-7-8(5-2)6-3;;/h4-7H2,1-3H3;1H;/q-1;;+2/p-1. The Kier molecular flexibility index (Phi) is 22.4. The van der Waals surface area contributed by atoms with Gasteiger partial charge in [0.2, 0.25) is 0 Å². The molecule has 58 valence electrons. The summed E-state index contributed by atoms with van der Waals surface area (Å²) >= 11 is 0. The fourth-order valence-corrected chi connectivity index (χ4v) is 0.957. The van der Waals surface area contributed by atoms with E-state index >= 15 is 0 Å². The van der Waals surface area contributed by atoms with Crippen LogP contribution in [0.2, 0.25) is 0 Å². The van der Waals surface area contributed by atoms with Crippen LogP contribution >= 0.6 is 0 Å². The third kappa shape index (κ3) is 9.25. The second kappa shape index (κ2) is 12.9. The van der Waals surface area contributed by atoms with E-state index in [1.807, 2.05) is 0 Å². The zero-order valence-corrected chi connectivity index (χ0v) is 10.4. The molecule has 0 rings (SSSR count). The van der Waals surface area contributed by atoms with Crippen molar-refractivity contribution in [3.05, 3.63) is 5.92 Å². The SMILES string of the molecule is CCC[C-](CC)CC.[Br-].[Mg+2]. The molecule has 0 aliphatic rings. The van der Waals surface area contributed by atoms with Crippen LogP contribution in [0.1, 0.15) is 46.5 Å². The number of halogens is 1. The molecule has 0 saturated heterocycles. The Morgan fingerprint density at radius 2 is 1.40 bits per heavy atom. The molecular weight excluding hydrogens is 200 g/mol. The summed E-state index contributed by atoms with van der Waals surface area (Å²) in [5.41, 5.74) is 0. The van der Waals surface area contributed by atoms with Gasteiger partial charge < -0.3 is 22.9 Å². The van der Waals surface area contributed by atoms with E-state index in [9.17, 15) is 0 Å². The van der Waals surface area contributed by atoms with Crippen molar-refractivity contribution in [3.8, 4) is 0 Å². The molecule has 0 aromatic heterocycles. The van der Waals surface area contributed by atoms with Crippen molar-refractivity contribution in [2.45, 2.75) is 46.5 Å². The molecular formula is C8H17BrMg. The molecule has 0 amide bonds. The average Bonchev–Trinajstić information content (AvgIpc) is 1.83. The van der Waals surface area contributed by atoms with Gasteiger partial charge in [0.25, 0.3) is 0 Å². The summed E-state index contributed by atoms with van der Waals surface area (Å²) in [6.07, 6.45) is 5.22. The monoisotopic (exact) mass is 216 g/mol. The minimum atomic E-state index is 0. The molecule has 10 heavy (non-hydrogen) atoms. The van der Waals surface area contributed by atoms with Gasteiger partial charge in [-0.15, -0.1) is 0 Å². The predicted molar refractivity (Wildman–Crippen MR) is 44.5 cm³/mol. The topological polar surface area (TPSA) is 0 Å². The molecule has 0 fully saturated rings. The van der Waals surface area contributed by atoms with Gasteiger partial charge in [0.05, 0.1) is 0 Å². The summed E-state index contributed by atoms with van der Waals surface area (Å²) in [5.74, 6) is 1.72. The molecule has 0 radical (unpaired) electrons. The van der Waals surface area contributed by atoms with Crippen LogP contribution in [0.3, 0.4) is 0 Å². The Morgan fingerprint density at radius 1 is 1.00 bits per heavy atom. The van der Waals surface area contributed by atoms with Crippen molar-refractivity contribution in [1.29, 1.82) is 0 Å². The molecule has 0 aromatic rings. The quantitative estimate of drug-likeness (QED) is 0.452. The molecule has 0 bridgehead atoms. The Morgan fingerprint density at radius 3 is 1.50 bits per heavy atom. The Labute approximate surface area is 92.1 Å². The summed E-state index contributed by atoms with van der Waals surface area (Å²) in [6.45, 7) is 6.73. The van der Waals surface area contributed by atoms with E-state index in [0.29, 0.717) is 0 Å². The van der Waals surface area contributed by atoms with Crippen molar-refractivity contribution in [2.24, 2.45) is 0 Å². The first kappa shape index (κ1) is 17.4. The molecule has 0 atom stereocenters. The maximum Gasteiger partial charge on any atom is 2.00 e. The van der Waals surface area contributed by atoms with Crippen molar-refractivity contribution in [1.82, 2.24) is 0 Å². The molecule has 0 aliphatic heterocycles. The van der Waals surface area contributed by atoms with Crippen LogP contribution < -0.4 is 17.0 Å². The minimum Gasteiger partial charge on any atom is -1.00 e. The second-order valence-electron chi connectivity index (χ2n) is 2.21. The van der Waals surface area contributed by atoms with Crippen LogP contribution in [0, 0.1) is 5.92 Å². The molecule has 0 aromatic carbocycles. The predicted octanol–water partition coefficient (Wildman–Crippen LogP) is -0.196. The maximum atomic E-state index is 2.24. The van der Waals surface area contributed by atoms with Gasteiger partial charge in [-0.2, -0.15) is 19.3 Å². The van der Waals surface area contributed by atoms with Crippen LogP contribution in [-0.2, 0) is 0 Å². The molecule has 0 N–H and O–H groups in total. The fourth-order valence-electron chi connectivity index (χ4n) is 0.957. The van der Waals surface area contributed by atoms with Crippen LogP contribution in [0.25, 0.3) is 0 Å². The van der Waals surface area contributed by atoms with E-state index in [0.717, 1.165) is 0 Å². The van der Waals surface area contributed by atoms with Gasteiger partial charge in [-0.25, -0.2) is 0 Å². The van der Waals surface area contributed by atoms with Gasteiger partial charge in [-0.3, -0.25) is 0 Å². The number of hydrogen-bond donors (Lipinski definition) is 0. The van der Waals surface area contributed by atoms with Crippen molar-refractivity contribution in [2.75, 3.05) is 0 Å². The first-order valence-corrected chi connectivity index (χ1v) is 3.68. The minimum absolute atomic E-state index is 0. The summed E-state index contributed by atoms with van der Waals surface area (Å²) in [6, 6.07) is 0. The van der Waals surface area contributed by atoms with Crippen LogP contribution in [0.5, 0.6) is 0 Å². The van der Waals surface area contributed by atoms with Crippen molar-refractivity contribution < 1.29 is 17.0 Å². The third-order valence-corrected chi connectivity index (χ3v) is 1.60. The van der Waals surface area contributed by atoms with E-state index in [2.05, 4.69) is 20.8 Å². The van der Waals surface area contributed by atoms with E-state index < -0.39 is 0 Å².